The molecule has 0 amide bonds. The molecule has 0 bridgehead atoms. The molecule has 2 rings (SSSR count). The maximum atomic E-state index is 4.26. The van der Waals surface area contributed by atoms with Crippen LogP contribution in [0.1, 0.15) is 12.8 Å². The molecule has 0 saturated carbocycles. The van der Waals surface area contributed by atoms with Gasteiger partial charge in [-0.3, -0.25) is 0 Å². The Morgan fingerprint density at radius 1 is 1.50 bits per heavy atom. The predicted octanol–water partition coefficient (Wildman–Crippen LogP) is 3.46. The van der Waals surface area contributed by atoms with Gasteiger partial charge in [0.2, 0.25) is 0 Å². The van der Waals surface area contributed by atoms with E-state index in [9.17, 15) is 0 Å². The molecule has 0 aliphatic carbocycles. The third-order valence-electron chi connectivity index (χ3n) is 2.36. The highest BCUT2D eigenvalue weighted by Gasteiger charge is 2.13. The maximum Gasteiger partial charge on any atom is 0.183 e. The summed E-state index contributed by atoms with van der Waals surface area (Å²) in [5.74, 6) is 3.50. The molecular weight excluding hydrogens is 280 g/mol. The number of hydrogen-bond donors (Lipinski definition) is 1. The highest BCUT2D eigenvalue weighted by Crippen LogP contribution is 2.26. The molecule has 0 atom stereocenters. The van der Waals surface area contributed by atoms with E-state index in [1.165, 1.54) is 24.3 Å². The Morgan fingerprint density at radius 3 is 2.93 bits per heavy atom. The van der Waals surface area contributed by atoms with Crippen molar-refractivity contribution in [1.82, 2.24) is 4.98 Å². The third-order valence-corrected chi connectivity index (χ3v) is 4.84. The van der Waals surface area contributed by atoms with Gasteiger partial charge >= 0.3 is 0 Å². The summed E-state index contributed by atoms with van der Waals surface area (Å²) >= 11 is 7.15. The van der Waals surface area contributed by atoms with Gasteiger partial charge in [0.05, 0.1) is 9.98 Å². The molecule has 0 radical (unpaired) electrons. The maximum absolute atomic E-state index is 4.26. The van der Waals surface area contributed by atoms with Crippen molar-refractivity contribution < 1.29 is 0 Å². The molecule has 1 aromatic rings. The van der Waals surface area contributed by atoms with Gasteiger partial charge in [0.25, 0.3) is 0 Å². The van der Waals surface area contributed by atoms with E-state index in [1.54, 1.807) is 11.3 Å². The van der Waals surface area contributed by atoms with Crippen molar-refractivity contribution in [2.24, 2.45) is 5.92 Å². The number of rotatable bonds is 3. The number of thioether (sulfide) groups is 1. The van der Waals surface area contributed by atoms with Gasteiger partial charge in [-0.2, -0.15) is 11.8 Å². The number of thiazole rings is 1. The van der Waals surface area contributed by atoms with Crippen LogP contribution in [-0.4, -0.2) is 23.0 Å². The van der Waals surface area contributed by atoms with Crippen LogP contribution in [0.2, 0.25) is 0 Å². The van der Waals surface area contributed by atoms with Crippen molar-refractivity contribution in [2.45, 2.75) is 12.8 Å². The molecular formula is C9H13BrN2S2. The minimum atomic E-state index is 0.846. The zero-order valence-electron chi connectivity index (χ0n) is 7.83. The van der Waals surface area contributed by atoms with Gasteiger partial charge in [0, 0.05) is 6.54 Å². The molecule has 0 spiro atoms. The van der Waals surface area contributed by atoms with E-state index >= 15 is 0 Å². The van der Waals surface area contributed by atoms with Gasteiger partial charge in [-0.15, -0.1) is 0 Å². The van der Waals surface area contributed by atoms with Crippen molar-refractivity contribution in [1.29, 1.82) is 0 Å². The van der Waals surface area contributed by atoms with Crippen molar-refractivity contribution in [3.63, 3.8) is 0 Å². The highest BCUT2D eigenvalue weighted by molar-refractivity contribution is 9.11. The molecule has 78 valence electrons. The van der Waals surface area contributed by atoms with Gasteiger partial charge in [-0.1, -0.05) is 11.3 Å². The third kappa shape index (κ3) is 3.14. The largest absolute Gasteiger partial charge is 0.361 e. The molecule has 2 nitrogen and oxygen atoms in total. The molecule has 14 heavy (non-hydrogen) atoms. The Labute approximate surface area is 101 Å². The van der Waals surface area contributed by atoms with E-state index in [4.69, 9.17) is 0 Å². The van der Waals surface area contributed by atoms with E-state index in [-0.39, 0.29) is 0 Å². The normalized spacial score (nSPS) is 18.4. The fraction of sp³-hybridized carbons (Fsp3) is 0.667. The summed E-state index contributed by atoms with van der Waals surface area (Å²) in [5.41, 5.74) is 0. The molecule has 0 aromatic carbocycles. The van der Waals surface area contributed by atoms with Crippen LogP contribution in [0, 0.1) is 5.92 Å². The van der Waals surface area contributed by atoms with Crippen molar-refractivity contribution >= 4 is 44.2 Å². The number of nitrogens with one attached hydrogen (secondary N) is 1. The van der Waals surface area contributed by atoms with Crippen molar-refractivity contribution in [3.05, 3.63) is 9.98 Å². The number of nitrogens with zero attached hydrogens (tertiary/aromatic N) is 1. The molecule has 1 aliphatic rings. The molecule has 1 aliphatic heterocycles. The number of aromatic nitrogens is 1. The second-order valence-corrected chi connectivity index (χ2v) is 7.04. The summed E-state index contributed by atoms with van der Waals surface area (Å²) in [6.07, 6.45) is 4.55. The minimum absolute atomic E-state index is 0.846. The van der Waals surface area contributed by atoms with E-state index in [2.05, 4.69) is 38.0 Å². The molecule has 1 fully saturated rings. The molecule has 0 unspecified atom stereocenters. The Bertz CT molecular complexity index is 284. The molecule has 5 heteroatoms. The van der Waals surface area contributed by atoms with E-state index in [1.807, 2.05) is 6.20 Å². The van der Waals surface area contributed by atoms with Crippen LogP contribution >= 0.6 is 39.0 Å². The lowest BCUT2D eigenvalue weighted by Gasteiger charge is -2.21. The summed E-state index contributed by atoms with van der Waals surface area (Å²) in [6.45, 7) is 1.08. The predicted molar refractivity (Wildman–Crippen MR) is 68.4 cm³/mol. The van der Waals surface area contributed by atoms with Crippen LogP contribution < -0.4 is 5.32 Å². The van der Waals surface area contributed by atoms with Crippen LogP contribution in [0.4, 0.5) is 5.13 Å². The SMILES string of the molecule is Brc1cnc(NCC2CCSCC2)s1. The number of hydrogen-bond acceptors (Lipinski definition) is 4. The second kappa shape index (κ2) is 5.37. The van der Waals surface area contributed by atoms with Crippen molar-refractivity contribution in [2.75, 3.05) is 23.4 Å². The van der Waals surface area contributed by atoms with Gasteiger partial charge in [0.1, 0.15) is 0 Å². The lowest BCUT2D eigenvalue weighted by molar-refractivity contribution is 0.516. The van der Waals surface area contributed by atoms with Crippen LogP contribution in [0.15, 0.2) is 9.98 Å². The first-order chi connectivity index (χ1) is 6.84. The smallest absolute Gasteiger partial charge is 0.183 e. The number of anilines is 1. The Balaban J connectivity index is 1.76. The van der Waals surface area contributed by atoms with Gasteiger partial charge < -0.3 is 5.32 Å². The fourth-order valence-corrected chi connectivity index (χ4v) is 3.84. The topological polar surface area (TPSA) is 24.9 Å². The van der Waals surface area contributed by atoms with Crippen LogP contribution in [0.25, 0.3) is 0 Å². The summed E-state index contributed by atoms with van der Waals surface area (Å²) in [7, 11) is 0. The monoisotopic (exact) mass is 292 g/mol. The molecule has 1 aromatic heterocycles. The minimum Gasteiger partial charge on any atom is -0.361 e. The van der Waals surface area contributed by atoms with Crippen LogP contribution in [0.5, 0.6) is 0 Å². The molecule has 1 N–H and O–H groups in total. The highest BCUT2D eigenvalue weighted by atomic mass is 79.9. The summed E-state index contributed by atoms with van der Waals surface area (Å²) in [4.78, 5) is 4.26. The molecule has 2 heterocycles. The fourth-order valence-electron chi connectivity index (χ4n) is 1.52. The summed E-state index contributed by atoms with van der Waals surface area (Å²) in [5, 5.41) is 4.44. The van der Waals surface area contributed by atoms with Gasteiger partial charge in [-0.25, -0.2) is 4.98 Å². The Hall–Kier alpha value is 0.260. The first-order valence-electron chi connectivity index (χ1n) is 4.77. The first kappa shape index (κ1) is 10.8. The molecule has 1 saturated heterocycles. The zero-order valence-corrected chi connectivity index (χ0v) is 11.1. The first-order valence-corrected chi connectivity index (χ1v) is 7.54. The van der Waals surface area contributed by atoms with Crippen molar-refractivity contribution in [3.8, 4) is 0 Å². The average molecular weight is 293 g/mol. The second-order valence-electron chi connectivity index (χ2n) is 3.41. The van der Waals surface area contributed by atoms with E-state index in [0.717, 1.165) is 21.4 Å². The average Bonchev–Trinajstić information content (AvgIpc) is 2.63. The van der Waals surface area contributed by atoms with Crippen LogP contribution in [-0.2, 0) is 0 Å². The van der Waals surface area contributed by atoms with E-state index < -0.39 is 0 Å². The standard InChI is InChI=1S/C9H13BrN2S2/c10-8-6-12-9(14-8)11-5-7-1-3-13-4-2-7/h6-7H,1-5H2,(H,11,12). The summed E-state index contributed by atoms with van der Waals surface area (Å²) < 4.78 is 1.10. The Kier molecular flexibility index (Phi) is 4.13. The Morgan fingerprint density at radius 2 is 2.29 bits per heavy atom. The quantitative estimate of drug-likeness (QED) is 0.924. The van der Waals surface area contributed by atoms with E-state index in [0.29, 0.717) is 0 Å². The number of halogens is 1. The summed E-state index contributed by atoms with van der Waals surface area (Å²) in [6, 6.07) is 0. The van der Waals surface area contributed by atoms with Gasteiger partial charge in [0.15, 0.2) is 5.13 Å². The zero-order chi connectivity index (χ0) is 9.80. The lowest BCUT2D eigenvalue weighted by Crippen LogP contribution is -2.18. The van der Waals surface area contributed by atoms with Gasteiger partial charge in [-0.05, 0) is 46.2 Å². The lowest BCUT2D eigenvalue weighted by atomic mass is 10.0. The van der Waals surface area contributed by atoms with Crippen LogP contribution in [0.3, 0.4) is 0 Å².